The van der Waals surface area contributed by atoms with Crippen LogP contribution in [-0.2, 0) is 9.53 Å². The summed E-state index contributed by atoms with van der Waals surface area (Å²) in [4.78, 5) is 23.6. The SMILES string of the molecule is CCOC(=O)c1cccc(NC(=O)C(C)CCCN)c1. The van der Waals surface area contributed by atoms with Crippen LogP contribution in [0, 0.1) is 5.92 Å². The number of anilines is 1. The van der Waals surface area contributed by atoms with Crippen molar-refractivity contribution in [3.63, 3.8) is 0 Å². The van der Waals surface area contributed by atoms with Crippen LogP contribution in [0.5, 0.6) is 0 Å². The molecule has 0 spiro atoms. The van der Waals surface area contributed by atoms with Gasteiger partial charge in [-0.2, -0.15) is 0 Å². The standard InChI is InChI=1S/C15H22N2O3/c1-3-20-15(19)12-7-4-8-13(10-12)17-14(18)11(2)6-5-9-16/h4,7-8,10-11H,3,5-6,9,16H2,1-2H3,(H,17,18). The van der Waals surface area contributed by atoms with Crippen molar-refractivity contribution in [2.24, 2.45) is 11.7 Å². The maximum atomic E-state index is 12.0. The molecule has 110 valence electrons. The third-order valence-electron chi connectivity index (χ3n) is 2.93. The van der Waals surface area contributed by atoms with E-state index < -0.39 is 0 Å². The van der Waals surface area contributed by atoms with Crippen LogP contribution in [0.15, 0.2) is 24.3 Å². The summed E-state index contributed by atoms with van der Waals surface area (Å²) in [5.74, 6) is -0.566. The van der Waals surface area contributed by atoms with Gasteiger partial charge in [0.2, 0.25) is 5.91 Å². The molecule has 0 radical (unpaired) electrons. The normalized spacial score (nSPS) is 11.8. The van der Waals surface area contributed by atoms with Crippen molar-refractivity contribution in [2.75, 3.05) is 18.5 Å². The van der Waals surface area contributed by atoms with Gasteiger partial charge < -0.3 is 15.8 Å². The fraction of sp³-hybridized carbons (Fsp3) is 0.467. The van der Waals surface area contributed by atoms with Crippen molar-refractivity contribution < 1.29 is 14.3 Å². The second-order valence-corrected chi connectivity index (χ2v) is 4.62. The van der Waals surface area contributed by atoms with E-state index in [0.29, 0.717) is 24.4 Å². The number of benzene rings is 1. The van der Waals surface area contributed by atoms with E-state index in [0.717, 1.165) is 12.8 Å². The van der Waals surface area contributed by atoms with Crippen LogP contribution < -0.4 is 11.1 Å². The first-order chi connectivity index (χ1) is 9.58. The first-order valence-corrected chi connectivity index (χ1v) is 6.86. The van der Waals surface area contributed by atoms with E-state index in [4.69, 9.17) is 10.5 Å². The molecule has 1 atom stereocenters. The first-order valence-electron chi connectivity index (χ1n) is 6.86. The molecule has 0 saturated carbocycles. The Morgan fingerprint density at radius 1 is 1.40 bits per heavy atom. The molecule has 1 rings (SSSR count). The molecule has 20 heavy (non-hydrogen) atoms. The van der Waals surface area contributed by atoms with Crippen molar-refractivity contribution in [3.05, 3.63) is 29.8 Å². The first kappa shape index (κ1) is 16.2. The molecule has 5 heteroatoms. The van der Waals surface area contributed by atoms with Crippen molar-refractivity contribution in [1.29, 1.82) is 0 Å². The Kier molecular flexibility index (Phi) is 6.73. The van der Waals surface area contributed by atoms with Gasteiger partial charge in [0.05, 0.1) is 12.2 Å². The summed E-state index contributed by atoms with van der Waals surface area (Å²) in [6.07, 6.45) is 1.57. The van der Waals surface area contributed by atoms with E-state index in [9.17, 15) is 9.59 Å². The Bertz CT molecular complexity index is 460. The quantitative estimate of drug-likeness (QED) is 0.749. The number of amides is 1. The lowest BCUT2D eigenvalue weighted by Crippen LogP contribution is -2.21. The van der Waals surface area contributed by atoms with E-state index in [1.54, 1.807) is 31.2 Å². The monoisotopic (exact) mass is 278 g/mol. The fourth-order valence-corrected chi connectivity index (χ4v) is 1.76. The number of nitrogens with one attached hydrogen (secondary N) is 1. The number of carbonyl (C=O) groups is 2. The summed E-state index contributed by atoms with van der Waals surface area (Å²) in [6, 6.07) is 6.74. The third-order valence-corrected chi connectivity index (χ3v) is 2.93. The Morgan fingerprint density at radius 2 is 2.15 bits per heavy atom. The predicted octanol–water partition coefficient (Wildman–Crippen LogP) is 2.18. The number of carbonyl (C=O) groups excluding carboxylic acids is 2. The molecule has 0 saturated heterocycles. The molecule has 3 N–H and O–H groups in total. The van der Waals surface area contributed by atoms with Gasteiger partial charge in [-0.1, -0.05) is 13.0 Å². The summed E-state index contributed by atoms with van der Waals surface area (Å²) >= 11 is 0. The molecule has 1 amide bonds. The van der Waals surface area contributed by atoms with E-state index >= 15 is 0 Å². The van der Waals surface area contributed by atoms with Gasteiger partial charge in [-0.3, -0.25) is 4.79 Å². The maximum Gasteiger partial charge on any atom is 0.338 e. The van der Waals surface area contributed by atoms with Gasteiger partial charge in [-0.25, -0.2) is 4.79 Å². The lowest BCUT2D eigenvalue weighted by Gasteiger charge is -2.12. The van der Waals surface area contributed by atoms with E-state index in [2.05, 4.69) is 5.32 Å². The third kappa shape index (κ3) is 5.01. The average Bonchev–Trinajstić information content (AvgIpc) is 2.45. The van der Waals surface area contributed by atoms with Gasteiger partial charge in [-0.05, 0) is 44.5 Å². The summed E-state index contributed by atoms with van der Waals surface area (Å²) in [5, 5.41) is 2.80. The number of hydrogen-bond donors (Lipinski definition) is 2. The molecule has 5 nitrogen and oxygen atoms in total. The Labute approximate surface area is 119 Å². The van der Waals surface area contributed by atoms with Crippen LogP contribution in [-0.4, -0.2) is 25.0 Å². The second kappa shape index (κ2) is 8.32. The largest absolute Gasteiger partial charge is 0.462 e. The average molecular weight is 278 g/mol. The minimum atomic E-state index is -0.389. The second-order valence-electron chi connectivity index (χ2n) is 4.62. The Hall–Kier alpha value is -1.88. The smallest absolute Gasteiger partial charge is 0.338 e. The zero-order valence-electron chi connectivity index (χ0n) is 12.0. The van der Waals surface area contributed by atoms with Gasteiger partial charge in [-0.15, -0.1) is 0 Å². The van der Waals surface area contributed by atoms with Crippen molar-refractivity contribution in [2.45, 2.75) is 26.7 Å². The summed E-state index contributed by atoms with van der Waals surface area (Å²) < 4.78 is 4.92. The van der Waals surface area contributed by atoms with E-state index in [-0.39, 0.29) is 17.8 Å². The molecule has 0 heterocycles. The lowest BCUT2D eigenvalue weighted by atomic mass is 10.0. The van der Waals surface area contributed by atoms with Crippen LogP contribution in [0.3, 0.4) is 0 Å². The highest BCUT2D eigenvalue weighted by Crippen LogP contribution is 2.14. The summed E-state index contributed by atoms with van der Waals surface area (Å²) in [7, 11) is 0. The van der Waals surface area contributed by atoms with Crippen molar-refractivity contribution >= 4 is 17.6 Å². The van der Waals surface area contributed by atoms with Gasteiger partial charge in [0.1, 0.15) is 0 Å². The molecule has 0 aliphatic heterocycles. The molecule has 1 unspecified atom stereocenters. The molecule has 0 aliphatic carbocycles. The van der Waals surface area contributed by atoms with Gasteiger partial charge in [0, 0.05) is 11.6 Å². The van der Waals surface area contributed by atoms with Crippen molar-refractivity contribution in [3.8, 4) is 0 Å². The lowest BCUT2D eigenvalue weighted by molar-refractivity contribution is -0.119. The number of hydrogen-bond acceptors (Lipinski definition) is 4. The zero-order chi connectivity index (χ0) is 15.0. The summed E-state index contributed by atoms with van der Waals surface area (Å²) in [5.41, 5.74) is 6.46. The van der Waals surface area contributed by atoms with E-state index in [1.165, 1.54) is 0 Å². The number of rotatable bonds is 7. The molecule has 1 aromatic carbocycles. The van der Waals surface area contributed by atoms with Crippen LogP contribution >= 0.6 is 0 Å². The van der Waals surface area contributed by atoms with E-state index in [1.807, 2.05) is 6.92 Å². The van der Waals surface area contributed by atoms with Gasteiger partial charge in [0.15, 0.2) is 0 Å². The van der Waals surface area contributed by atoms with Crippen LogP contribution in [0.2, 0.25) is 0 Å². The molecular formula is C15H22N2O3. The molecule has 0 fully saturated rings. The zero-order valence-corrected chi connectivity index (χ0v) is 12.0. The van der Waals surface area contributed by atoms with Gasteiger partial charge in [0.25, 0.3) is 0 Å². The minimum Gasteiger partial charge on any atom is -0.462 e. The van der Waals surface area contributed by atoms with Crippen molar-refractivity contribution in [1.82, 2.24) is 0 Å². The highest BCUT2D eigenvalue weighted by Gasteiger charge is 2.13. The van der Waals surface area contributed by atoms with Crippen LogP contribution in [0.25, 0.3) is 0 Å². The number of nitrogens with two attached hydrogens (primary N) is 1. The molecule has 0 aromatic heterocycles. The van der Waals surface area contributed by atoms with Gasteiger partial charge >= 0.3 is 5.97 Å². The maximum absolute atomic E-state index is 12.0. The fourth-order valence-electron chi connectivity index (χ4n) is 1.76. The number of esters is 1. The molecule has 1 aromatic rings. The molecule has 0 bridgehead atoms. The highest BCUT2D eigenvalue weighted by atomic mass is 16.5. The topological polar surface area (TPSA) is 81.4 Å². The van der Waals surface area contributed by atoms with Crippen LogP contribution in [0.1, 0.15) is 37.0 Å². The summed E-state index contributed by atoms with van der Waals surface area (Å²) in [6.45, 7) is 4.52. The Balaban J connectivity index is 2.66. The highest BCUT2D eigenvalue weighted by molar-refractivity contribution is 5.95. The molecular weight excluding hydrogens is 256 g/mol. The Morgan fingerprint density at radius 3 is 2.80 bits per heavy atom. The number of ether oxygens (including phenoxy) is 1. The van der Waals surface area contributed by atoms with Crippen LogP contribution in [0.4, 0.5) is 5.69 Å². The molecule has 0 aliphatic rings. The minimum absolute atomic E-state index is 0.0699. The predicted molar refractivity (Wildman–Crippen MR) is 78.5 cm³/mol.